The molecule has 2 aromatic carbocycles. The fraction of sp³-hybridized carbons (Fsp3) is 0.250. The van der Waals surface area contributed by atoms with Crippen LogP contribution in [0.25, 0.3) is 0 Å². The van der Waals surface area contributed by atoms with Crippen molar-refractivity contribution in [3.63, 3.8) is 0 Å². The maximum Gasteiger partial charge on any atom is 0.123 e. The summed E-state index contributed by atoms with van der Waals surface area (Å²) in [6.07, 6.45) is -0.703. The van der Waals surface area contributed by atoms with Gasteiger partial charge in [0.25, 0.3) is 0 Å². The Morgan fingerprint density at radius 1 is 1.25 bits per heavy atom. The fourth-order valence-corrected chi connectivity index (χ4v) is 2.65. The monoisotopic (exact) mass is 337 g/mol. The second-order valence-corrected chi connectivity index (χ2v) is 5.78. The Bertz CT molecular complexity index is 601. The van der Waals surface area contributed by atoms with E-state index in [-0.39, 0.29) is 5.82 Å². The topological polar surface area (TPSA) is 23.5 Å². The van der Waals surface area contributed by atoms with Crippen LogP contribution in [0.5, 0.6) is 0 Å². The van der Waals surface area contributed by atoms with Crippen LogP contribution in [0.3, 0.4) is 0 Å². The summed E-state index contributed by atoms with van der Waals surface area (Å²) in [4.78, 5) is 2.00. The number of anilines is 1. The molecule has 0 saturated heterocycles. The quantitative estimate of drug-likeness (QED) is 0.900. The Labute approximate surface area is 127 Å². The van der Waals surface area contributed by atoms with Gasteiger partial charge in [0, 0.05) is 29.3 Å². The van der Waals surface area contributed by atoms with Crippen LogP contribution in [0.4, 0.5) is 10.1 Å². The largest absolute Gasteiger partial charge is 0.389 e. The zero-order chi connectivity index (χ0) is 14.7. The second kappa shape index (κ2) is 6.37. The maximum absolute atomic E-state index is 13.3. The van der Waals surface area contributed by atoms with Gasteiger partial charge in [0.05, 0.1) is 6.10 Å². The van der Waals surface area contributed by atoms with Crippen LogP contribution in [0.15, 0.2) is 46.9 Å². The highest BCUT2D eigenvalue weighted by atomic mass is 79.9. The molecule has 2 nitrogen and oxygen atoms in total. The van der Waals surface area contributed by atoms with E-state index in [1.54, 1.807) is 13.0 Å². The van der Waals surface area contributed by atoms with Crippen molar-refractivity contribution in [3.05, 3.63) is 63.9 Å². The van der Waals surface area contributed by atoms with Gasteiger partial charge in [0.2, 0.25) is 0 Å². The van der Waals surface area contributed by atoms with E-state index < -0.39 is 6.10 Å². The molecular formula is C16H17BrFNO. The van der Waals surface area contributed by atoms with Gasteiger partial charge >= 0.3 is 0 Å². The van der Waals surface area contributed by atoms with E-state index >= 15 is 0 Å². The number of aliphatic hydroxyl groups is 1. The van der Waals surface area contributed by atoms with Crippen LogP contribution in [0, 0.1) is 5.82 Å². The molecule has 0 saturated carbocycles. The number of halogens is 2. The fourth-order valence-electron chi connectivity index (χ4n) is 2.20. The van der Waals surface area contributed by atoms with Crippen molar-refractivity contribution in [2.45, 2.75) is 19.6 Å². The summed E-state index contributed by atoms with van der Waals surface area (Å²) >= 11 is 3.45. The first kappa shape index (κ1) is 15.0. The molecule has 0 fully saturated rings. The van der Waals surface area contributed by atoms with Gasteiger partial charge < -0.3 is 10.0 Å². The molecule has 106 valence electrons. The minimum atomic E-state index is -0.703. The number of rotatable bonds is 4. The highest BCUT2D eigenvalue weighted by Crippen LogP contribution is 2.27. The highest BCUT2D eigenvalue weighted by molar-refractivity contribution is 9.10. The van der Waals surface area contributed by atoms with E-state index in [0.717, 1.165) is 15.7 Å². The molecular weight excluding hydrogens is 321 g/mol. The average Bonchev–Trinajstić information content (AvgIpc) is 2.38. The van der Waals surface area contributed by atoms with Gasteiger partial charge in [-0.2, -0.15) is 0 Å². The van der Waals surface area contributed by atoms with Crippen molar-refractivity contribution in [2.75, 3.05) is 11.9 Å². The second-order valence-electron chi connectivity index (χ2n) is 4.87. The van der Waals surface area contributed by atoms with E-state index in [0.29, 0.717) is 12.1 Å². The Hall–Kier alpha value is -1.39. The lowest BCUT2D eigenvalue weighted by molar-refractivity contribution is 0.199. The van der Waals surface area contributed by atoms with Gasteiger partial charge in [-0.1, -0.05) is 28.1 Å². The number of hydrogen-bond acceptors (Lipinski definition) is 2. The molecule has 20 heavy (non-hydrogen) atoms. The lowest BCUT2D eigenvalue weighted by atomic mass is 10.1. The zero-order valence-electron chi connectivity index (χ0n) is 11.5. The SMILES string of the molecule is C[C@@H](O)c1cc(F)ccc1N(C)Cc1cccc(Br)c1. The van der Waals surface area contributed by atoms with Gasteiger partial charge in [-0.05, 0) is 42.8 Å². The Balaban J connectivity index is 2.27. The number of aliphatic hydroxyl groups excluding tert-OH is 1. The third kappa shape index (κ3) is 3.58. The Kier molecular flexibility index (Phi) is 4.78. The van der Waals surface area contributed by atoms with E-state index in [4.69, 9.17) is 0 Å². The molecule has 0 spiro atoms. The minimum Gasteiger partial charge on any atom is -0.389 e. The Morgan fingerprint density at radius 3 is 2.65 bits per heavy atom. The average molecular weight is 338 g/mol. The number of nitrogens with zero attached hydrogens (tertiary/aromatic N) is 1. The van der Waals surface area contributed by atoms with Crippen LogP contribution in [0.1, 0.15) is 24.2 Å². The van der Waals surface area contributed by atoms with Crippen molar-refractivity contribution in [1.29, 1.82) is 0 Å². The lowest BCUT2D eigenvalue weighted by Gasteiger charge is -2.24. The predicted molar refractivity (Wildman–Crippen MR) is 83.3 cm³/mol. The molecule has 0 aliphatic carbocycles. The summed E-state index contributed by atoms with van der Waals surface area (Å²) in [7, 11) is 1.93. The zero-order valence-corrected chi connectivity index (χ0v) is 13.1. The van der Waals surface area contributed by atoms with Gasteiger partial charge in [-0.25, -0.2) is 4.39 Å². The highest BCUT2D eigenvalue weighted by Gasteiger charge is 2.13. The molecule has 0 bridgehead atoms. The molecule has 0 aromatic heterocycles. The van der Waals surface area contributed by atoms with Crippen LogP contribution in [-0.4, -0.2) is 12.2 Å². The van der Waals surface area contributed by atoms with Crippen LogP contribution < -0.4 is 4.90 Å². The minimum absolute atomic E-state index is 0.333. The molecule has 2 rings (SSSR count). The number of benzene rings is 2. The van der Waals surface area contributed by atoms with Gasteiger partial charge in [0.15, 0.2) is 0 Å². The van der Waals surface area contributed by atoms with Crippen molar-refractivity contribution < 1.29 is 9.50 Å². The van der Waals surface area contributed by atoms with Crippen LogP contribution in [-0.2, 0) is 6.54 Å². The smallest absolute Gasteiger partial charge is 0.123 e. The van der Waals surface area contributed by atoms with Crippen LogP contribution in [0.2, 0.25) is 0 Å². The Morgan fingerprint density at radius 2 is 2.00 bits per heavy atom. The summed E-state index contributed by atoms with van der Waals surface area (Å²) in [6, 6.07) is 12.5. The van der Waals surface area contributed by atoms with E-state index in [9.17, 15) is 9.50 Å². The van der Waals surface area contributed by atoms with Crippen molar-refractivity contribution >= 4 is 21.6 Å². The molecule has 1 atom stereocenters. The van der Waals surface area contributed by atoms with Gasteiger partial charge in [-0.15, -0.1) is 0 Å². The van der Waals surface area contributed by atoms with Crippen molar-refractivity contribution in [1.82, 2.24) is 0 Å². The molecule has 0 aliphatic rings. The van der Waals surface area contributed by atoms with E-state index in [1.165, 1.54) is 12.1 Å². The van der Waals surface area contributed by atoms with E-state index in [2.05, 4.69) is 15.9 Å². The van der Waals surface area contributed by atoms with Gasteiger partial charge in [0.1, 0.15) is 5.82 Å². The number of hydrogen-bond donors (Lipinski definition) is 1. The molecule has 1 N–H and O–H groups in total. The molecule has 4 heteroatoms. The molecule has 0 amide bonds. The molecule has 0 unspecified atom stereocenters. The van der Waals surface area contributed by atoms with Crippen LogP contribution >= 0.6 is 15.9 Å². The van der Waals surface area contributed by atoms with E-state index in [1.807, 2.05) is 36.2 Å². The third-order valence-electron chi connectivity index (χ3n) is 3.16. The standard InChI is InChI=1S/C16H17BrFNO/c1-11(20)15-9-14(18)6-7-16(15)19(2)10-12-4-3-5-13(17)8-12/h3-9,11,20H,10H2,1-2H3/t11-/m1/s1. The predicted octanol–water partition coefficient (Wildman–Crippen LogP) is 4.28. The third-order valence-corrected chi connectivity index (χ3v) is 3.65. The summed E-state index contributed by atoms with van der Waals surface area (Å²) in [5.41, 5.74) is 2.58. The summed E-state index contributed by atoms with van der Waals surface area (Å²) < 4.78 is 14.3. The normalized spacial score (nSPS) is 12.2. The van der Waals surface area contributed by atoms with Gasteiger partial charge in [-0.3, -0.25) is 0 Å². The lowest BCUT2D eigenvalue weighted by Crippen LogP contribution is -2.18. The molecule has 0 heterocycles. The van der Waals surface area contributed by atoms with Crippen molar-refractivity contribution in [2.24, 2.45) is 0 Å². The molecule has 0 aliphatic heterocycles. The summed E-state index contributed by atoms with van der Waals surface area (Å²) in [6.45, 7) is 2.33. The maximum atomic E-state index is 13.3. The summed E-state index contributed by atoms with van der Waals surface area (Å²) in [5, 5.41) is 9.79. The molecule has 0 radical (unpaired) electrons. The first-order chi connectivity index (χ1) is 9.47. The summed E-state index contributed by atoms with van der Waals surface area (Å²) in [5.74, 6) is -0.333. The first-order valence-corrected chi connectivity index (χ1v) is 7.20. The van der Waals surface area contributed by atoms with Crippen molar-refractivity contribution in [3.8, 4) is 0 Å². The molecule has 2 aromatic rings. The first-order valence-electron chi connectivity index (χ1n) is 6.40.